The zero-order chi connectivity index (χ0) is 30.1. The molecular formula is C32H39ClN8O3. The lowest BCUT2D eigenvalue weighted by Crippen LogP contribution is -2.52. The Morgan fingerprint density at radius 2 is 1.68 bits per heavy atom. The van der Waals surface area contributed by atoms with E-state index in [2.05, 4.69) is 26.7 Å². The zero-order valence-corrected chi connectivity index (χ0v) is 25.5. The number of nitrogens with two attached hydrogens (primary N) is 2. The van der Waals surface area contributed by atoms with Crippen LogP contribution in [0.1, 0.15) is 36.9 Å². The number of benzene rings is 2. The number of carbonyl (C=O) groups excluding carboxylic acids is 2. The van der Waals surface area contributed by atoms with Crippen LogP contribution in [0.15, 0.2) is 53.3 Å². The summed E-state index contributed by atoms with van der Waals surface area (Å²) in [5.41, 5.74) is 18.1. The lowest BCUT2D eigenvalue weighted by molar-refractivity contribution is -0.127. The number of aryl methyl sites for hydroxylation is 1. The molecule has 2 amide bonds. The molecule has 2 aliphatic rings. The van der Waals surface area contributed by atoms with E-state index in [1.54, 1.807) is 23.1 Å². The molecule has 11 nitrogen and oxygen atoms in total. The maximum Gasteiger partial charge on any atom is 0.323 e. The van der Waals surface area contributed by atoms with Gasteiger partial charge in [0.2, 0.25) is 11.8 Å². The molecule has 3 heterocycles. The van der Waals surface area contributed by atoms with Gasteiger partial charge in [-0.05, 0) is 80.5 Å². The minimum Gasteiger partial charge on any atom is -0.380 e. The fraction of sp³-hybridized carbons (Fsp3) is 0.375. The van der Waals surface area contributed by atoms with E-state index in [0.717, 1.165) is 59.8 Å². The number of nitrogens with zero attached hydrogens (tertiary/aromatic N) is 2. The number of aromatic nitrogens is 3. The highest BCUT2D eigenvalue weighted by Gasteiger charge is 2.36. The number of nitrogens with one attached hydrogen (secondary N) is 4. The van der Waals surface area contributed by atoms with Crippen molar-refractivity contribution < 1.29 is 9.59 Å². The Morgan fingerprint density at radius 1 is 0.977 bits per heavy atom. The van der Waals surface area contributed by atoms with Crippen molar-refractivity contribution in [2.75, 3.05) is 35.2 Å². The summed E-state index contributed by atoms with van der Waals surface area (Å²) in [4.78, 5) is 50.9. The SMILES string of the molecule is Cc1nc2c(cc1-c1ccc(C[C@@H](C(N)=O)N(C(=O)C3CCC(CN)CC3)c3ccc4[nH]c(=O)[nH]c4c3)cc1)NCCN2.Cl. The van der Waals surface area contributed by atoms with E-state index in [0.29, 0.717) is 42.0 Å². The van der Waals surface area contributed by atoms with Gasteiger partial charge >= 0.3 is 5.69 Å². The second-order valence-electron chi connectivity index (χ2n) is 11.7. The van der Waals surface area contributed by atoms with Crippen molar-refractivity contribution in [3.63, 3.8) is 0 Å². The van der Waals surface area contributed by atoms with Crippen molar-refractivity contribution >= 4 is 52.4 Å². The number of aromatic amines is 2. The largest absolute Gasteiger partial charge is 0.380 e. The molecule has 1 aliphatic carbocycles. The van der Waals surface area contributed by atoms with Crippen LogP contribution < -0.4 is 32.7 Å². The molecule has 0 radical (unpaired) electrons. The molecule has 1 saturated carbocycles. The highest BCUT2D eigenvalue weighted by Crippen LogP contribution is 2.34. The summed E-state index contributed by atoms with van der Waals surface area (Å²) in [6.07, 6.45) is 3.40. The lowest BCUT2D eigenvalue weighted by Gasteiger charge is -2.35. The van der Waals surface area contributed by atoms with Crippen LogP contribution in [0.5, 0.6) is 0 Å². The molecule has 1 fully saturated rings. The second kappa shape index (κ2) is 13.1. The van der Waals surface area contributed by atoms with E-state index in [9.17, 15) is 14.4 Å². The van der Waals surface area contributed by atoms with Crippen molar-refractivity contribution in [3.8, 4) is 11.1 Å². The number of hydrogen-bond acceptors (Lipinski definition) is 7. The number of rotatable bonds is 8. The van der Waals surface area contributed by atoms with E-state index in [4.69, 9.17) is 16.5 Å². The first-order valence-electron chi connectivity index (χ1n) is 14.9. The van der Waals surface area contributed by atoms with Gasteiger partial charge in [0.25, 0.3) is 0 Å². The average Bonchev–Trinajstić information content (AvgIpc) is 3.40. The molecule has 6 rings (SSSR count). The summed E-state index contributed by atoms with van der Waals surface area (Å²) >= 11 is 0. The Labute approximate surface area is 261 Å². The van der Waals surface area contributed by atoms with Gasteiger partial charge in [-0.3, -0.25) is 14.5 Å². The Bertz CT molecular complexity index is 1710. The summed E-state index contributed by atoms with van der Waals surface area (Å²) < 4.78 is 0. The predicted molar refractivity (Wildman–Crippen MR) is 176 cm³/mol. The number of hydrogen-bond donors (Lipinski definition) is 6. The highest BCUT2D eigenvalue weighted by molar-refractivity contribution is 6.02. The van der Waals surface area contributed by atoms with Crippen LogP contribution in [0.2, 0.25) is 0 Å². The Balaban J connectivity index is 0.00000384. The molecular weight excluding hydrogens is 580 g/mol. The molecule has 0 spiro atoms. The first-order chi connectivity index (χ1) is 20.8. The third kappa shape index (κ3) is 6.29. The van der Waals surface area contributed by atoms with Crippen LogP contribution in [0, 0.1) is 18.8 Å². The number of anilines is 3. The minimum atomic E-state index is -0.920. The topological polar surface area (TPSA) is 175 Å². The van der Waals surface area contributed by atoms with Crippen LogP contribution in [-0.2, 0) is 16.0 Å². The predicted octanol–water partition coefficient (Wildman–Crippen LogP) is 3.68. The summed E-state index contributed by atoms with van der Waals surface area (Å²) in [5.74, 6) is 0.298. The number of imidazole rings is 1. The van der Waals surface area contributed by atoms with Gasteiger partial charge in [-0.15, -0.1) is 12.4 Å². The molecule has 232 valence electrons. The lowest BCUT2D eigenvalue weighted by atomic mass is 9.81. The number of H-pyrrole nitrogens is 2. The molecule has 4 aromatic rings. The van der Waals surface area contributed by atoms with Crippen LogP contribution in [-0.4, -0.2) is 52.4 Å². The van der Waals surface area contributed by atoms with Crippen molar-refractivity contribution in [1.29, 1.82) is 0 Å². The van der Waals surface area contributed by atoms with Crippen LogP contribution in [0.25, 0.3) is 22.2 Å². The summed E-state index contributed by atoms with van der Waals surface area (Å²) in [6.45, 7) is 4.26. The van der Waals surface area contributed by atoms with Crippen LogP contribution >= 0.6 is 12.4 Å². The molecule has 1 atom stereocenters. The van der Waals surface area contributed by atoms with Gasteiger partial charge in [-0.25, -0.2) is 9.78 Å². The number of pyridine rings is 1. The molecule has 0 bridgehead atoms. The Hall–Kier alpha value is -4.35. The number of amides is 2. The van der Waals surface area contributed by atoms with Crippen molar-refractivity contribution in [1.82, 2.24) is 15.0 Å². The van der Waals surface area contributed by atoms with E-state index in [-0.39, 0.29) is 36.3 Å². The third-order valence-electron chi connectivity index (χ3n) is 8.82. The summed E-state index contributed by atoms with van der Waals surface area (Å²) in [7, 11) is 0. The van der Waals surface area contributed by atoms with Gasteiger partial charge in [0.1, 0.15) is 11.9 Å². The quantitative estimate of drug-likeness (QED) is 0.174. The third-order valence-corrected chi connectivity index (χ3v) is 8.82. The first kappa shape index (κ1) is 31.1. The molecule has 12 heteroatoms. The average molecular weight is 619 g/mol. The number of fused-ring (bicyclic) bond motifs is 2. The van der Waals surface area contributed by atoms with E-state index >= 15 is 0 Å². The van der Waals surface area contributed by atoms with Crippen molar-refractivity contribution in [2.45, 2.75) is 45.1 Å². The normalized spacial score (nSPS) is 18.3. The first-order valence-corrected chi connectivity index (χ1v) is 14.9. The fourth-order valence-electron chi connectivity index (χ4n) is 6.38. The minimum absolute atomic E-state index is 0. The molecule has 2 aromatic heterocycles. The number of carbonyl (C=O) groups is 2. The van der Waals surface area contributed by atoms with Gasteiger partial charge in [0.05, 0.1) is 16.7 Å². The van der Waals surface area contributed by atoms with E-state index < -0.39 is 11.9 Å². The maximum atomic E-state index is 14.2. The standard InChI is InChI=1S/C32H38N8O3.ClH/c1-18-24(16-27-30(37-18)36-13-12-35-27)21-6-2-19(3-7-21)14-28(29(34)41)40(31(42)22-8-4-20(17-33)5-9-22)23-10-11-25-26(15-23)39-32(43)38-25;/h2-3,6-7,10-11,15-16,20,22,28,35H,4-5,8-9,12-14,17,33H2,1H3,(H2,34,41)(H,36,37)(H2,38,39,43);1H/t20?,22?,28-;/m0./s1. The molecule has 0 unspecified atom stereocenters. The van der Waals surface area contributed by atoms with Gasteiger partial charge in [-0.1, -0.05) is 24.3 Å². The maximum absolute atomic E-state index is 14.2. The number of halogens is 1. The van der Waals surface area contributed by atoms with Crippen LogP contribution in [0.4, 0.5) is 17.2 Å². The van der Waals surface area contributed by atoms with Gasteiger partial charge < -0.3 is 32.1 Å². The second-order valence-corrected chi connectivity index (χ2v) is 11.7. The van der Waals surface area contributed by atoms with E-state index in [1.807, 2.05) is 31.2 Å². The fourth-order valence-corrected chi connectivity index (χ4v) is 6.38. The smallest absolute Gasteiger partial charge is 0.323 e. The van der Waals surface area contributed by atoms with Gasteiger partial charge in [0, 0.05) is 42.4 Å². The van der Waals surface area contributed by atoms with Crippen LogP contribution in [0.3, 0.4) is 0 Å². The monoisotopic (exact) mass is 618 g/mol. The van der Waals surface area contributed by atoms with E-state index in [1.165, 1.54) is 0 Å². The van der Waals surface area contributed by atoms with Crippen molar-refractivity contribution in [3.05, 3.63) is 70.3 Å². The van der Waals surface area contributed by atoms with Gasteiger partial charge in [0.15, 0.2) is 0 Å². The molecule has 2 aromatic carbocycles. The Kier molecular flexibility index (Phi) is 9.26. The molecule has 8 N–H and O–H groups in total. The zero-order valence-electron chi connectivity index (χ0n) is 24.7. The summed E-state index contributed by atoms with van der Waals surface area (Å²) in [6, 6.07) is 14.4. The molecule has 44 heavy (non-hydrogen) atoms. The Morgan fingerprint density at radius 3 is 2.39 bits per heavy atom. The highest BCUT2D eigenvalue weighted by atomic mass is 35.5. The van der Waals surface area contributed by atoms with Crippen molar-refractivity contribution in [2.24, 2.45) is 23.3 Å². The number of primary amides is 1. The summed E-state index contributed by atoms with van der Waals surface area (Å²) in [5, 5.41) is 6.71. The van der Waals surface area contributed by atoms with Gasteiger partial charge in [-0.2, -0.15) is 0 Å². The molecule has 0 saturated heterocycles. The molecule has 1 aliphatic heterocycles.